The summed E-state index contributed by atoms with van der Waals surface area (Å²) in [4.78, 5) is 20.4. The lowest BCUT2D eigenvalue weighted by Gasteiger charge is -2.12. The highest BCUT2D eigenvalue weighted by atomic mass is 32.2. The minimum absolute atomic E-state index is 0.0382. The van der Waals surface area contributed by atoms with E-state index in [-0.39, 0.29) is 29.6 Å². The lowest BCUT2D eigenvalue weighted by Crippen LogP contribution is -2.17. The summed E-state index contributed by atoms with van der Waals surface area (Å²) >= 11 is 0. The second-order valence-corrected chi connectivity index (χ2v) is 9.13. The highest BCUT2D eigenvalue weighted by molar-refractivity contribution is 7.92. The molecule has 10 heteroatoms. The number of allylic oxidation sites excluding steroid dienone is 1. The molecule has 3 rings (SSSR count). The molecule has 0 aliphatic heterocycles. The number of hydrogen-bond donors (Lipinski definition) is 1. The van der Waals surface area contributed by atoms with Crippen molar-refractivity contribution in [3.63, 3.8) is 0 Å². The fraction of sp³-hybridized carbons (Fsp3) is 0.208. The first-order valence-electron chi connectivity index (χ1n) is 10.5. The first kappa shape index (κ1) is 24.7. The summed E-state index contributed by atoms with van der Waals surface area (Å²) in [6.07, 6.45) is 5.87. The summed E-state index contributed by atoms with van der Waals surface area (Å²) in [5.41, 5.74) is 0.774. The van der Waals surface area contributed by atoms with Gasteiger partial charge in [0.15, 0.2) is 0 Å². The molecule has 1 N–H and O–H groups in total. The number of benzene rings is 1. The number of nitrogens with one attached hydrogen (secondary N) is 1. The summed E-state index contributed by atoms with van der Waals surface area (Å²) in [6.45, 7) is 7.69. The average molecular weight is 483 g/mol. The molecule has 0 radical (unpaired) electrons. The summed E-state index contributed by atoms with van der Waals surface area (Å²) in [5.74, 6) is 0.903. The predicted molar refractivity (Wildman–Crippen MR) is 132 cm³/mol. The molecule has 2 heterocycles. The second kappa shape index (κ2) is 11.3. The number of pyridine rings is 1. The van der Waals surface area contributed by atoms with Crippen LogP contribution in [0.1, 0.15) is 12.8 Å². The smallest absolute Gasteiger partial charge is 0.324 e. The van der Waals surface area contributed by atoms with E-state index in [0.717, 1.165) is 0 Å². The van der Waals surface area contributed by atoms with Crippen LogP contribution in [0.5, 0.6) is 17.5 Å². The molecule has 0 fully saturated rings. The molecule has 0 aliphatic carbocycles. The molecule has 0 atom stereocenters. The fourth-order valence-corrected chi connectivity index (χ4v) is 3.86. The van der Waals surface area contributed by atoms with E-state index in [0.29, 0.717) is 35.8 Å². The van der Waals surface area contributed by atoms with Gasteiger partial charge in [0.1, 0.15) is 17.3 Å². The third-order valence-corrected chi connectivity index (χ3v) is 5.84. The van der Waals surface area contributed by atoms with Gasteiger partial charge in [-0.1, -0.05) is 18.2 Å². The van der Waals surface area contributed by atoms with Crippen LogP contribution in [0.2, 0.25) is 0 Å². The number of anilines is 1. The Balaban J connectivity index is 1.96. The molecule has 0 aliphatic rings. The van der Waals surface area contributed by atoms with Crippen LogP contribution < -0.4 is 19.8 Å². The van der Waals surface area contributed by atoms with E-state index < -0.39 is 10.0 Å². The highest BCUT2D eigenvalue weighted by Gasteiger charge is 2.15. The van der Waals surface area contributed by atoms with Crippen molar-refractivity contribution < 1.29 is 17.9 Å². The zero-order chi connectivity index (χ0) is 24.6. The zero-order valence-electron chi connectivity index (χ0n) is 18.8. The molecular weight excluding hydrogens is 456 g/mol. The fourth-order valence-electron chi connectivity index (χ4n) is 2.86. The van der Waals surface area contributed by atoms with Crippen molar-refractivity contribution in [2.45, 2.75) is 12.8 Å². The quantitative estimate of drug-likeness (QED) is 0.308. The van der Waals surface area contributed by atoms with Gasteiger partial charge in [0.2, 0.25) is 15.6 Å². The highest BCUT2D eigenvalue weighted by Crippen LogP contribution is 2.27. The van der Waals surface area contributed by atoms with E-state index in [2.05, 4.69) is 27.8 Å². The van der Waals surface area contributed by atoms with Crippen LogP contribution in [-0.2, 0) is 17.1 Å². The van der Waals surface area contributed by atoms with Crippen LogP contribution in [0, 0.1) is 0 Å². The number of sulfonamides is 1. The van der Waals surface area contributed by atoms with Gasteiger partial charge in [0.05, 0.1) is 18.1 Å². The lowest BCUT2D eigenvalue weighted by atomic mass is 10.2. The van der Waals surface area contributed by atoms with E-state index in [9.17, 15) is 13.2 Å². The normalized spacial score (nSPS) is 11.0. The summed E-state index contributed by atoms with van der Waals surface area (Å²) in [7, 11) is -2.06. The van der Waals surface area contributed by atoms with Crippen molar-refractivity contribution in [3.05, 3.63) is 84.3 Å². The Labute approximate surface area is 198 Å². The van der Waals surface area contributed by atoms with Crippen LogP contribution >= 0.6 is 0 Å². The van der Waals surface area contributed by atoms with Gasteiger partial charge in [-0.3, -0.25) is 9.52 Å². The molecule has 0 saturated heterocycles. The SMILES string of the molecule is C=CCCOc1cccc(Oc2nc(NS(=O)(=O)CCC=C)cc(-c3ccc(=O)n(C)c3)n2)c1. The molecule has 0 saturated carbocycles. The zero-order valence-corrected chi connectivity index (χ0v) is 19.6. The maximum atomic E-state index is 12.4. The number of aryl methyl sites for hydroxylation is 1. The minimum Gasteiger partial charge on any atom is -0.493 e. The Hall–Kier alpha value is -3.92. The van der Waals surface area contributed by atoms with Gasteiger partial charge in [0.25, 0.3) is 0 Å². The van der Waals surface area contributed by atoms with Crippen LogP contribution in [0.25, 0.3) is 11.3 Å². The lowest BCUT2D eigenvalue weighted by molar-refractivity contribution is 0.323. The molecule has 3 aromatic rings. The van der Waals surface area contributed by atoms with E-state index in [1.807, 2.05) is 0 Å². The van der Waals surface area contributed by atoms with Gasteiger partial charge in [-0.25, -0.2) is 8.42 Å². The standard InChI is InChI=1S/C24H26N4O5S/c1-4-6-13-32-19-9-8-10-20(15-19)33-24-25-21(18-11-12-23(29)28(3)17-18)16-22(26-24)27-34(30,31)14-7-5-2/h4-5,8-12,15-17H,1-2,6-7,13-14H2,3H3,(H,25,26,27). The minimum atomic E-state index is -3.67. The van der Waals surface area contributed by atoms with Crippen molar-refractivity contribution in [2.75, 3.05) is 17.1 Å². The first-order chi connectivity index (χ1) is 16.3. The van der Waals surface area contributed by atoms with Crippen LogP contribution in [-0.4, -0.2) is 35.3 Å². The van der Waals surface area contributed by atoms with Crippen molar-refractivity contribution in [2.24, 2.45) is 7.05 Å². The maximum Gasteiger partial charge on any atom is 0.324 e. The van der Waals surface area contributed by atoms with E-state index in [1.54, 1.807) is 49.7 Å². The Morgan fingerprint density at radius 3 is 2.56 bits per heavy atom. The largest absolute Gasteiger partial charge is 0.493 e. The van der Waals surface area contributed by atoms with E-state index >= 15 is 0 Å². The van der Waals surface area contributed by atoms with Crippen molar-refractivity contribution in [1.29, 1.82) is 0 Å². The van der Waals surface area contributed by atoms with Gasteiger partial charge in [-0.05, 0) is 31.0 Å². The van der Waals surface area contributed by atoms with Crippen molar-refractivity contribution in [3.8, 4) is 28.8 Å². The molecular formula is C24H26N4O5S. The van der Waals surface area contributed by atoms with Gasteiger partial charge in [-0.2, -0.15) is 9.97 Å². The Morgan fingerprint density at radius 1 is 1.06 bits per heavy atom. The van der Waals surface area contributed by atoms with Crippen LogP contribution in [0.3, 0.4) is 0 Å². The summed E-state index contributed by atoms with van der Waals surface area (Å²) in [6, 6.07) is 11.3. The molecule has 34 heavy (non-hydrogen) atoms. The number of hydrogen-bond acceptors (Lipinski definition) is 7. The van der Waals surface area contributed by atoms with Gasteiger partial charge in [-0.15, -0.1) is 13.2 Å². The van der Waals surface area contributed by atoms with Crippen molar-refractivity contribution in [1.82, 2.24) is 14.5 Å². The average Bonchev–Trinajstić information content (AvgIpc) is 2.79. The molecule has 1 aromatic carbocycles. The van der Waals surface area contributed by atoms with Crippen LogP contribution in [0.15, 0.2) is 78.8 Å². The summed E-state index contributed by atoms with van der Waals surface area (Å²) < 4.78 is 40.2. The Bertz CT molecular complexity index is 1340. The molecule has 9 nitrogen and oxygen atoms in total. The molecule has 0 spiro atoms. The maximum absolute atomic E-state index is 12.4. The molecule has 0 bridgehead atoms. The topological polar surface area (TPSA) is 112 Å². The van der Waals surface area contributed by atoms with E-state index in [1.165, 1.54) is 22.8 Å². The number of aromatic nitrogens is 3. The third-order valence-electron chi connectivity index (χ3n) is 4.54. The molecule has 0 amide bonds. The van der Waals surface area contributed by atoms with Gasteiger partial charge < -0.3 is 14.0 Å². The molecule has 2 aromatic heterocycles. The number of ether oxygens (including phenoxy) is 2. The van der Waals surface area contributed by atoms with E-state index in [4.69, 9.17) is 9.47 Å². The first-order valence-corrected chi connectivity index (χ1v) is 12.1. The van der Waals surface area contributed by atoms with Gasteiger partial charge >= 0.3 is 6.01 Å². The number of rotatable bonds is 12. The molecule has 0 unspecified atom stereocenters. The Kier molecular flexibility index (Phi) is 8.20. The molecule has 178 valence electrons. The monoisotopic (exact) mass is 482 g/mol. The summed E-state index contributed by atoms with van der Waals surface area (Å²) in [5, 5.41) is 0. The Morgan fingerprint density at radius 2 is 1.82 bits per heavy atom. The second-order valence-electron chi connectivity index (χ2n) is 7.29. The van der Waals surface area contributed by atoms with Crippen molar-refractivity contribution >= 4 is 15.8 Å². The third kappa shape index (κ3) is 7.04. The van der Waals surface area contributed by atoms with Gasteiger partial charge in [0, 0.05) is 37.0 Å². The number of nitrogens with zero attached hydrogens (tertiary/aromatic N) is 3. The van der Waals surface area contributed by atoms with Crippen LogP contribution in [0.4, 0.5) is 5.82 Å². The predicted octanol–water partition coefficient (Wildman–Crippen LogP) is 3.91.